The summed E-state index contributed by atoms with van der Waals surface area (Å²) in [6.45, 7) is 0. The van der Waals surface area contributed by atoms with E-state index in [1.807, 2.05) is 24.3 Å². The highest BCUT2D eigenvalue weighted by Crippen LogP contribution is 2.23. The first-order chi connectivity index (χ1) is 9.60. The summed E-state index contributed by atoms with van der Waals surface area (Å²) >= 11 is 9.35. The van der Waals surface area contributed by atoms with Crippen molar-refractivity contribution in [3.63, 3.8) is 0 Å². The minimum atomic E-state index is -0.477. The molecule has 0 spiro atoms. The van der Waals surface area contributed by atoms with E-state index < -0.39 is 5.97 Å². The molecule has 0 bridgehead atoms. The van der Waals surface area contributed by atoms with E-state index in [4.69, 9.17) is 11.6 Å². The van der Waals surface area contributed by atoms with Gasteiger partial charge >= 0.3 is 5.97 Å². The minimum Gasteiger partial charge on any atom is -0.465 e. The standard InChI is InChI=1S/C15H11BrClNO2/c1-20-15(19)13-8-12(5-6-14(13)17)18-9-10-3-2-4-11(16)7-10/h2-9H,1H3/b18-9+. The number of ether oxygens (including phenoxy) is 1. The van der Waals surface area contributed by atoms with Crippen LogP contribution in [0.1, 0.15) is 15.9 Å². The first-order valence-corrected chi connectivity index (χ1v) is 6.95. The van der Waals surface area contributed by atoms with Crippen molar-refractivity contribution in [2.24, 2.45) is 4.99 Å². The quantitative estimate of drug-likeness (QED) is 0.596. The molecule has 2 aromatic rings. The molecule has 0 N–H and O–H groups in total. The highest BCUT2D eigenvalue weighted by Gasteiger charge is 2.10. The zero-order valence-corrected chi connectivity index (χ0v) is 13.0. The van der Waals surface area contributed by atoms with E-state index in [1.54, 1.807) is 24.4 Å². The van der Waals surface area contributed by atoms with E-state index in [0.29, 0.717) is 16.3 Å². The minimum absolute atomic E-state index is 0.304. The predicted molar refractivity (Wildman–Crippen MR) is 84.2 cm³/mol. The number of carbonyl (C=O) groups excluding carboxylic acids is 1. The molecule has 20 heavy (non-hydrogen) atoms. The van der Waals surface area contributed by atoms with Crippen LogP contribution in [-0.4, -0.2) is 19.3 Å². The third kappa shape index (κ3) is 3.68. The zero-order chi connectivity index (χ0) is 14.5. The van der Waals surface area contributed by atoms with Crippen molar-refractivity contribution in [2.45, 2.75) is 0 Å². The number of rotatable bonds is 3. The number of methoxy groups -OCH3 is 1. The molecule has 0 unspecified atom stereocenters. The molecule has 2 rings (SSSR count). The summed E-state index contributed by atoms with van der Waals surface area (Å²) < 4.78 is 5.65. The maximum Gasteiger partial charge on any atom is 0.339 e. The third-order valence-electron chi connectivity index (χ3n) is 2.57. The van der Waals surface area contributed by atoms with Gasteiger partial charge in [0, 0.05) is 10.7 Å². The molecule has 0 amide bonds. The van der Waals surface area contributed by atoms with E-state index in [-0.39, 0.29) is 0 Å². The van der Waals surface area contributed by atoms with E-state index in [0.717, 1.165) is 10.0 Å². The van der Waals surface area contributed by atoms with Crippen LogP contribution in [0.25, 0.3) is 0 Å². The molecule has 0 atom stereocenters. The van der Waals surface area contributed by atoms with Crippen molar-refractivity contribution < 1.29 is 9.53 Å². The second-order valence-electron chi connectivity index (χ2n) is 3.97. The molecule has 0 saturated heterocycles. The Labute approximate surface area is 130 Å². The van der Waals surface area contributed by atoms with Gasteiger partial charge in [0.05, 0.1) is 23.4 Å². The van der Waals surface area contributed by atoms with E-state index >= 15 is 0 Å². The number of carbonyl (C=O) groups is 1. The number of nitrogens with zero attached hydrogens (tertiary/aromatic N) is 1. The second kappa shape index (κ2) is 6.68. The largest absolute Gasteiger partial charge is 0.465 e. The summed E-state index contributed by atoms with van der Waals surface area (Å²) in [5.74, 6) is -0.477. The summed E-state index contributed by atoms with van der Waals surface area (Å²) in [6, 6.07) is 12.7. The van der Waals surface area contributed by atoms with Crippen LogP contribution in [0.5, 0.6) is 0 Å². The van der Waals surface area contributed by atoms with Crippen molar-refractivity contribution in [3.05, 3.63) is 63.1 Å². The van der Waals surface area contributed by atoms with Gasteiger partial charge in [0.1, 0.15) is 0 Å². The number of esters is 1. The molecule has 0 aromatic heterocycles. The van der Waals surface area contributed by atoms with Gasteiger partial charge in [-0.1, -0.05) is 39.7 Å². The Morgan fingerprint density at radius 2 is 2.10 bits per heavy atom. The lowest BCUT2D eigenvalue weighted by Crippen LogP contribution is -2.01. The molecule has 0 radical (unpaired) electrons. The van der Waals surface area contributed by atoms with Gasteiger partial charge in [-0.15, -0.1) is 0 Å². The highest BCUT2D eigenvalue weighted by molar-refractivity contribution is 9.10. The van der Waals surface area contributed by atoms with Crippen LogP contribution in [0, 0.1) is 0 Å². The summed E-state index contributed by atoms with van der Waals surface area (Å²) in [6.07, 6.45) is 1.72. The average molecular weight is 353 g/mol. The summed E-state index contributed by atoms with van der Waals surface area (Å²) in [5.41, 5.74) is 1.89. The van der Waals surface area contributed by atoms with Crippen LogP contribution in [0.15, 0.2) is 51.9 Å². The monoisotopic (exact) mass is 351 g/mol. The zero-order valence-electron chi connectivity index (χ0n) is 10.6. The summed E-state index contributed by atoms with van der Waals surface area (Å²) in [4.78, 5) is 15.9. The van der Waals surface area contributed by atoms with E-state index in [1.165, 1.54) is 7.11 Å². The molecule has 0 aliphatic rings. The number of benzene rings is 2. The van der Waals surface area contributed by atoms with Crippen molar-refractivity contribution in [3.8, 4) is 0 Å². The maximum atomic E-state index is 11.5. The number of hydrogen-bond donors (Lipinski definition) is 0. The first kappa shape index (κ1) is 14.8. The Morgan fingerprint density at radius 1 is 1.30 bits per heavy atom. The lowest BCUT2D eigenvalue weighted by Gasteiger charge is -2.03. The Kier molecular flexibility index (Phi) is 4.93. The number of hydrogen-bond acceptors (Lipinski definition) is 3. The Morgan fingerprint density at radius 3 is 2.80 bits per heavy atom. The molecule has 0 aliphatic heterocycles. The van der Waals surface area contributed by atoms with E-state index in [9.17, 15) is 4.79 Å². The van der Waals surface area contributed by atoms with Crippen LogP contribution >= 0.6 is 27.5 Å². The molecule has 3 nitrogen and oxygen atoms in total. The number of aliphatic imine (C=N–C) groups is 1. The molecular weight excluding hydrogens is 342 g/mol. The fourth-order valence-corrected chi connectivity index (χ4v) is 2.21. The van der Waals surface area contributed by atoms with Gasteiger partial charge in [-0.05, 0) is 35.9 Å². The van der Waals surface area contributed by atoms with Gasteiger partial charge in [0.25, 0.3) is 0 Å². The molecule has 0 saturated carbocycles. The maximum absolute atomic E-state index is 11.5. The molecular formula is C15H11BrClNO2. The summed E-state index contributed by atoms with van der Waals surface area (Å²) in [5, 5.41) is 0.346. The van der Waals surface area contributed by atoms with Gasteiger partial charge in [-0.2, -0.15) is 0 Å². The molecule has 2 aromatic carbocycles. The van der Waals surface area contributed by atoms with Crippen LogP contribution < -0.4 is 0 Å². The Hall–Kier alpha value is -1.65. The summed E-state index contributed by atoms with van der Waals surface area (Å²) in [7, 11) is 1.32. The topological polar surface area (TPSA) is 38.7 Å². The highest BCUT2D eigenvalue weighted by atomic mass is 79.9. The van der Waals surface area contributed by atoms with Gasteiger partial charge in [-0.3, -0.25) is 4.99 Å². The molecule has 0 heterocycles. The normalized spacial score (nSPS) is 10.8. The molecule has 5 heteroatoms. The average Bonchev–Trinajstić information content (AvgIpc) is 2.45. The van der Waals surface area contributed by atoms with Gasteiger partial charge < -0.3 is 4.74 Å². The smallest absolute Gasteiger partial charge is 0.339 e. The first-order valence-electron chi connectivity index (χ1n) is 5.77. The van der Waals surface area contributed by atoms with Crippen molar-refractivity contribution in [2.75, 3.05) is 7.11 Å². The second-order valence-corrected chi connectivity index (χ2v) is 5.29. The van der Waals surface area contributed by atoms with Gasteiger partial charge in [0.2, 0.25) is 0 Å². The van der Waals surface area contributed by atoms with Crippen LogP contribution in [-0.2, 0) is 4.74 Å². The van der Waals surface area contributed by atoms with E-state index in [2.05, 4.69) is 25.7 Å². The van der Waals surface area contributed by atoms with Crippen molar-refractivity contribution >= 4 is 45.4 Å². The fraction of sp³-hybridized carbons (Fsp3) is 0.0667. The Bertz CT molecular complexity index is 671. The third-order valence-corrected chi connectivity index (χ3v) is 3.39. The van der Waals surface area contributed by atoms with Crippen molar-refractivity contribution in [1.29, 1.82) is 0 Å². The predicted octanol–water partition coefficient (Wildman–Crippen LogP) is 4.64. The lowest BCUT2D eigenvalue weighted by molar-refractivity contribution is 0.0601. The fourth-order valence-electron chi connectivity index (χ4n) is 1.60. The lowest BCUT2D eigenvalue weighted by atomic mass is 10.2. The van der Waals surface area contributed by atoms with Crippen LogP contribution in [0.2, 0.25) is 5.02 Å². The molecule has 102 valence electrons. The molecule has 0 fully saturated rings. The van der Waals surface area contributed by atoms with Crippen LogP contribution in [0.3, 0.4) is 0 Å². The SMILES string of the molecule is COC(=O)c1cc(/N=C/c2cccc(Br)c2)ccc1Cl. The number of halogens is 2. The molecule has 0 aliphatic carbocycles. The Balaban J connectivity index is 2.28. The van der Waals surface area contributed by atoms with Gasteiger partial charge in [0.15, 0.2) is 0 Å². The van der Waals surface area contributed by atoms with Gasteiger partial charge in [-0.25, -0.2) is 4.79 Å². The van der Waals surface area contributed by atoms with Crippen molar-refractivity contribution in [1.82, 2.24) is 0 Å². The van der Waals surface area contributed by atoms with Crippen LogP contribution in [0.4, 0.5) is 5.69 Å².